The summed E-state index contributed by atoms with van der Waals surface area (Å²) in [6.07, 6.45) is 0. The van der Waals surface area contributed by atoms with Gasteiger partial charge in [0.15, 0.2) is 0 Å². The number of hydrogen-bond donors (Lipinski definition) is 0. The molecule has 0 saturated heterocycles. The second-order valence-electron chi connectivity index (χ2n) is 13.3. The monoisotopic (exact) mass is 649 g/mol. The maximum Gasteiger partial charge on any atom is 0.0562 e. The molecule has 3 heteroatoms. The number of benzene rings is 8. The number of para-hydroxylation sites is 7. The van der Waals surface area contributed by atoms with E-state index >= 15 is 0 Å². The Labute approximate surface area is 294 Å². The zero-order valence-electron chi connectivity index (χ0n) is 27.7. The van der Waals surface area contributed by atoms with Crippen LogP contribution in [-0.4, -0.2) is 13.7 Å². The molecule has 0 radical (unpaired) electrons. The Kier molecular flexibility index (Phi) is 5.96. The van der Waals surface area contributed by atoms with Crippen LogP contribution in [0.2, 0.25) is 0 Å². The van der Waals surface area contributed by atoms with Crippen molar-refractivity contribution in [2.75, 3.05) is 0 Å². The van der Waals surface area contributed by atoms with E-state index in [-0.39, 0.29) is 0 Å². The van der Waals surface area contributed by atoms with Crippen LogP contribution in [0.4, 0.5) is 0 Å². The third kappa shape index (κ3) is 3.94. The molecule has 238 valence electrons. The van der Waals surface area contributed by atoms with E-state index < -0.39 is 0 Å². The first-order valence-corrected chi connectivity index (χ1v) is 17.5. The molecule has 0 aliphatic carbocycles. The van der Waals surface area contributed by atoms with Crippen molar-refractivity contribution in [1.82, 2.24) is 13.7 Å². The van der Waals surface area contributed by atoms with Crippen LogP contribution in [0, 0.1) is 0 Å². The predicted octanol–water partition coefficient (Wildman–Crippen LogP) is 12.6. The fraction of sp³-hybridized carbons (Fsp3) is 0. The van der Waals surface area contributed by atoms with Crippen molar-refractivity contribution in [2.24, 2.45) is 0 Å². The third-order valence-electron chi connectivity index (χ3n) is 10.7. The Morgan fingerprint density at radius 1 is 0.216 bits per heavy atom. The highest BCUT2D eigenvalue weighted by atomic mass is 15.0. The number of nitrogens with zero attached hydrogens (tertiary/aromatic N) is 3. The smallest absolute Gasteiger partial charge is 0.0562 e. The molecule has 0 aliphatic rings. The Balaban J connectivity index is 1.22. The van der Waals surface area contributed by atoms with Crippen LogP contribution in [0.5, 0.6) is 0 Å². The van der Waals surface area contributed by atoms with E-state index in [1.165, 1.54) is 82.2 Å². The average molecular weight is 650 g/mol. The van der Waals surface area contributed by atoms with Gasteiger partial charge in [-0.2, -0.15) is 0 Å². The van der Waals surface area contributed by atoms with Gasteiger partial charge in [0.2, 0.25) is 0 Å². The van der Waals surface area contributed by atoms with Gasteiger partial charge in [-0.1, -0.05) is 133 Å². The van der Waals surface area contributed by atoms with Gasteiger partial charge in [-0.3, -0.25) is 0 Å². The summed E-state index contributed by atoms with van der Waals surface area (Å²) in [5.74, 6) is 0. The summed E-state index contributed by atoms with van der Waals surface area (Å²) in [6, 6.07) is 68.4. The molecule has 0 aliphatic heterocycles. The van der Waals surface area contributed by atoms with Gasteiger partial charge in [0, 0.05) is 43.4 Å². The number of fused-ring (bicyclic) bond motifs is 9. The minimum absolute atomic E-state index is 1.15. The molecule has 0 spiro atoms. The van der Waals surface area contributed by atoms with Gasteiger partial charge in [-0.05, 0) is 54.6 Å². The molecule has 51 heavy (non-hydrogen) atoms. The van der Waals surface area contributed by atoms with Crippen molar-refractivity contribution in [3.63, 3.8) is 0 Å². The van der Waals surface area contributed by atoms with E-state index in [2.05, 4.69) is 202 Å². The summed E-state index contributed by atoms with van der Waals surface area (Å²) in [5, 5.41) is 7.52. The first-order valence-electron chi connectivity index (χ1n) is 17.5. The van der Waals surface area contributed by atoms with Gasteiger partial charge in [-0.15, -0.1) is 0 Å². The van der Waals surface area contributed by atoms with E-state index in [0.29, 0.717) is 0 Å². The number of hydrogen-bond acceptors (Lipinski definition) is 0. The lowest BCUT2D eigenvalue weighted by Crippen LogP contribution is -2.01. The van der Waals surface area contributed by atoms with Crippen molar-refractivity contribution in [3.8, 4) is 28.2 Å². The van der Waals surface area contributed by atoms with Crippen molar-refractivity contribution in [1.29, 1.82) is 0 Å². The fourth-order valence-corrected chi connectivity index (χ4v) is 8.60. The van der Waals surface area contributed by atoms with Crippen LogP contribution < -0.4 is 0 Å². The summed E-state index contributed by atoms with van der Waals surface area (Å²) in [5.41, 5.74) is 13.1. The summed E-state index contributed by atoms with van der Waals surface area (Å²) >= 11 is 0. The molecule has 0 unspecified atom stereocenters. The molecular weight excluding hydrogens is 619 g/mol. The molecule has 3 aromatic heterocycles. The largest absolute Gasteiger partial charge is 0.309 e. The summed E-state index contributed by atoms with van der Waals surface area (Å²) in [7, 11) is 0. The Hall–Kier alpha value is -6.84. The van der Waals surface area contributed by atoms with Crippen LogP contribution in [0.3, 0.4) is 0 Å². The molecule has 0 N–H and O–H groups in total. The van der Waals surface area contributed by atoms with Crippen molar-refractivity contribution >= 4 is 65.4 Å². The van der Waals surface area contributed by atoms with Crippen LogP contribution in [0.15, 0.2) is 188 Å². The summed E-state index contributed by atoms with van der Waals surface area (Å²) in [4.78, 5) is 0. The Bertz CT molecular complexity index is 3040. The Morgan fingerprint density at radius 3 is 0.980 bits per heavy atom. The van der Waals surface area contributed by atoms with Crippen LogP contribution in [-0.2, 0) is 0 Å². The second kappa shape index (κ2) is 10.8. The minimum atomic E-state index is 1.15. The highest BCUT2D eigenvalue weighted by Gasteiger charge is 2.22. The first-order chi connectivity index (χ1) is 25.4. The van der Waals surface area contributed by atoms with E-state index in [1.807, 2.05) is 0 Å². The van der Waals surface area contributed by atoms with Gasteiger partial charge in [-0.25, -0.2) is 0 Å². The third-order valence-corrected chi connectivity index (χ3v) is 10.7. The highest BCUT2D eigenvalue weighted by molar-refractivity contribution is 6.17. The molecule has 0 amide bonds. The molecule has 0 fully saturated rings. The molecule has 0 saturated carbocycles. The zero-order chi connectivity index (χ0) is 33.5. The first kappa shape index (κ1) is 28.0. The van der Waals surface area contributed by atoms with Gasteiger partial charge in [0.05, 0.1) is 50.2 Å². The lowest BCUT2D eigenvalue weighted by atomic mass is 10.0. The van der Waals surface area contributed by atoms with Gasteiger partial charge in [0.1, 0.15) is 0 Å². The zero-order valence-corrected chi connectivity index (χ0v) is 27.7. The summed E-state index contributed by atoms with van der Waals surface area (Å²) < 4.78 is 7.36. The molecule has 11 rings (SSSR count). The standard InChI is InChI=1S/C48H31N3/c1-8-23-39-32(16-1)33-17-2-9-24-40(33)49(39)41-25-10-3-18-34(41)35-19-6-13-28-44(35)51-45-29-14-7-22-38(45)48-46(30-15-31-47(48)51)50-42-26-11-4-20-36(42)37-21-5-12-27-43(37)50/h1-31H. The molecule has 0 bridgehead atoms. The van der Waals surface area contributed by atoms with Gasteiger partial charge in [0.25, 0.3) is 0 Å². The number of rotatable bonds is 4. The maximum atomic E-state index is 2.47. The average Bonchev–Trinajstić information content (AvgIpc) is 3.84. The maximum absolute atomic E-state index is 2.47. The quantitative estimate of drug-likeness (QED) is 0.180. The molecule has 8 aromatic carbocycles. The fourth-order valence-electron chi connectivity index (χ4n) is 8.60. The lowest BCUT2D eigenvalue weighted by molar-refractivity contribution is 1.16. The van der Waals surface area contributed by atoms with Crippen molar-refractivity contribution < 1.29 is 0 Å². The van der Waals surface area contributed by atoms with E-state index in [0.717, 1.165) is 11.4 Å². The highest BCUT2D eigenvalue weighted by Crippen LogP contribution is 2.43. The molecule has 3 nitrogen and oxygen atoms in total. The molecule has 11 aromatic rings. The summed E-state index contributed by atoms with van der Waals surface area (Å²) in [6.45, 7) is 0. The normalized spacial score (nSPS) is 11.9. The topological polar surface area (TPSA) is 14.8 Å². The molecule has 3 heterocycles. The van der Waals surface area contributed by atoms with E-state index in [4.69, 9.17) is 0 Å². The van der Waals surface area contributed by atoms with Crippen LogP contribution in [0.1, 0.15) is 0 Å². The van der Waals surface area contributed by atoms with Crippen molar-refractivity contribution in [3.05, 3.63) is 188 Å². The molecule has 0 atom stereocenters. The predicted molar refractivity (Wildman–Crippen MR) is 215 cm³/mol. The van der Waals surface area contributed by atoms with Gasteiger partial charge >= 0.3 is 0 Å². The molecular formula is C48H31N3. The Morgan fingerprint density at radius 2 is 0.510 bits per heavy atom. The lowest BCUT2D eigenvalue weighted by Gasteiger charge is -2.18. The van der Waals surface area contributed by atoms with E-state index in [1.54, 1.807) is 0 Å². The van der Waals surface area contributed by atoms with Gasteiger partial charge < -0.3 is 13.7 Å². The number of aromatic nitrogens is 3. The SMILES string of the molecule is c1ccc(-n2c3ccccc3c3ccccc32)c(-c2ccccc2-n2c3ccccc3c3c(-n4c5ccccc5c5ccccc54)cccc32)c1. The van der Waals surface area contributed by atoms with Crippen molar-refractivity contribution in [2.45, 2.75) is 0 Å². The van der Waals surface area contributed by atoms with E-state index in [9.17, 15) is 0 Å². The van der Waals surface area contributed by atoms with Crippen LogP contribution >= 0.6 is 0 Å². The van der Waals surface area contributed by atoms with Crippen LogP contribution in [0.25, 0.3) is 93.6 Å². The minimum Gasteiger partial charge on any atom is -0.309 e. The second-order valence-corrected chi connectivity index (χ2v) is 13.3.